The Morgan fingerprint density at radius 1 is 1.40 bits per heavy atom. The van der Waals surface area contributed by atoms with Crippen LogP contribution >= 0.6 is 38.5 Å². The van der Waals surface area contributed by atoms with Gasteiger partial charge in [0, 0.05) is 28.7 Å². The predicted octanol–water partition coefficient (Wildman–Crippen LogP) is 4.40. The molecule has 2 rings (SSSR count). The molecule has 1 heterocycles. The molecule has 2 nitrogen and oxygen atoms in total. The summed E-state index contributed by atoms with van der Waals surface area (Å²) in [4.78, 5) is 4.56. The van der Waals surface area contributed by atoms with Gasteiger partial charge in [-0.05, 0) is 28.8 Å². The quantitative estimate of drug-likeness (QED) is 0.550. The molecule has 0 spiro atoms. The number of hydrogen-bond donors (Lipinski definition) is 0. The number of rotatable bonds is 2. The summed E-state index contributed by atoms with van der Waals surface area (Å²) >= 11 is 5.58. The minimum Gasteiger partial charge on any atom is -0.448 e. The van der Waals surface area contributed by atoms with Gasteiger partial charge >= 0.3 is 0 Å². The average Bonchev–Trinajstić information content (AvgIpc) is 2.57. The third-order valence-corrected chi connectivity index (χ3v) is 4.78. The smallest absolute Gasteiger partial charge is 0.178 e. The molecule has 1 fully saturated rings. The van der Waals surface area contributed by atoms with Crippen LogP contribution in [0, 0.1) is 3.77 Å². The van der Waals surface area contributed by atoms with E-state index in [9.17, 15) is 0 Å². The van der Waals surface area contributed by atoms with Crippen LogP contribution in [0.5, 0.6) is 0 Å². The molecule has 15 heavy (non-hydrogen) atoms. The molecule has 0 aliphatic heterocycles. The molecule has 1 aliphatic carbocycles. The lowest BCUT2D eigenvalue weighted by molar-refractivity contribution is 0.443. The van der Waals surface area contributed by atoms with Gasteiger partial charge in [0.1, 0.15) is 5.76 Å². The van der Waals surface area contributed by atoms with Gasteiger partial charge in [-0.15, -0.1) is 0 Å². The van der Waals surface area contributed by atoms with Crippen molar-refractivity contribution in [3.8, 4) is 0 Å². The standard InChI is InChI=1S/C11H13BrINO/c12-10-6-9(15-11(10)13)7-14-8-4-2-1-3-5-8/h6-8H,1-5H2. The molecule has 0 atom stereocenters. The number of aliphatic imine (C=N–C) groups is 1. The fourth-order valence-electron chi connectivity index (χ4n) is 1.84. The normalized spacial score (nSPS) is 18.8. The Morgan fingerprint density at radius 2 is 2.13 bits per heavy atom. The first-order chi connectivity index (χ1) is 7.25. The zero-order valence-electron chi connectivity index (χ0n) is 8.38. The van der Waals surface area contributed by atoms with Crippen molar-refractivity contribution in [1.82, 2.24) is 0 Å². The molecule has 0 unspecified atom stereocenters. The Balaban J connectivity index is 1.97. The first-order valence-corrected chi connectivity index (χ1v) is 7.11. The summed E-state index contributed by atoms with van der Waals surface area (Å²) in [5.74, 6) is 0.844. The van der Waals surface area contributed by atoms with Crippen molar-refractivity contribution >= 4 is 44.7 Å². The average molecular weight is 382 g/mol. The van der Waals surface area contributed by atoms with Gasteiger partial charge in [0.2, 0.25) is 0 Å². The van der Waals surface area contributed by atoms with Crippen LogP contribution in [0.4, 0.5) is 0 Å². The molecule has 1 aliphatic rings. The number of halogens is 2. The second kappa shape index (κ2) is 5.48. The van der Waals surface area contributed by atoms with Gasteiger partial charge < -0.3 is 4.42 Å². The largest absolute Gasteiger partial charge is 0.448 e. The molecule has 4 heteroatoms. The van der Waals surface area contributed by atoms with Gasteiger partial charge in [0.25, 0.3) is 0 Å². The van der Waals surface area contributed by atoms with Crippen LogP contribution in [0.2, 0.25) is 0 Å². The highest BCUT2D eigenvalue weighted by molar-refractivity contribution is 14.1. The van der Waals surface area contributed by atoms with E-state index < -0.39 is 0 Å². The molecule has 0 N–H and O–H groups in total. The molecule has 0 bridgehead atoms. The van der Waals surface area contributed by atoms with Crippen LogP contribution in [0.15, 0.2) is 19.9 Å². The lowest BCUT2D eigenvalue weighted by atomic mass is 9.96. The molecule has 1 aromatic rings. The maximum absolute atomic E-state index is 5.50. The molecule has 1 saturated carbocycles. The Labute approximate surface area is 112 Å². The second-order valence-electron chi connectivity index (χ2n) is 3.84. The van der Waals surface area contributed by atoms with Gasteiger partial charge in [0.05, 0.1) is 16.7 Å². The number of furan rings is 1. The zero-order valence-corrected chi connectivity index (χ0v) is 12.1. The van der Waals surface area contributed by atoms with E-state index in [2.05, 4.69) is 43.5 Å². The summed E-state index contributed by atoms with van der Waals surface area (Å²) < 4.78 is 7.39. The molecule has 82 valence electrons. The fraction of sp³-hybridized carbons (Fsp3) is 0.545. The molecular formula is C11H13BrINO. The molecule has 0 saturated heterocycles. The van der Waals surface area contributed by atoms with E-state index in [0.717, 1.165) is 14.0 Å². The number of nitrogens with zero attached hydrogens (tertiary/aromatic N) is 1. The third kappa shape index (κ3) is 3.31. The Kier molecular flexibility index (Phi) is 4.25. The minimum atomic E-state index is 0.514. The lowest BCUT2D eigenvalue weighted by Gasteiger charge is -2.16. The van der Waals surface area contributed by atoms with Crippen LogP contribution in [0.1, 0.15) is 37.9 Å². The van der Waals surface area contributed by atoms with Gasteiger partial charge in [-0.2, -0.15) is 0 Å². The monoisotopic (exact) mass is 381 g/mol. The maximum atomic E-state index is 5.50. The van der Waals surface area contributed by atoms with Crippen LogP contribution in [-0.2, 0) is 0 Å². The summed E-state index contributed by atoms with van der Waals surface area (Å²) in [6, 6.07) is 2.48. The van der Waals surface area contributed by atoms with Gasteiger partial charge in [-0.25, -0.2) is 0 Å². The highest BCUT2D eigenvalue weighted by atomic mass is 127. The Morgan fingerprint density at radius 3 is 2.73 bits per heavy atom. The van der Waals surface area contributed by atoms with Crippen molar-refractivity contribution in [2.75, 3.05) is 0 Å². The summed E-state index contributed by atoms with van der Waals surface area (Å²) in [6.45, 7) is 0. The minimum absolute atomic E-state index is 0.514. The Hall–Kier alpha value is 0.160. The molecule has 0 radical (unpaired) electrons. The lowest BCUT2D eigenvalue weighted by Crippen LogP contribution is -2.09. The molecule has 1 aromatic heterocycles. The fourth-order valence-corrected chi connectivity index (χ4v) is 2.55. The van der Waals surface area contributed by atoms with E-state index in [1.807, 2.05) is 12.3 Å². The molecular weight excluding hydrogens is 369 g/mol. The van der Waals surface area contributed by atoms with E-state index in [4.69, 9.17) is 4.42 Å². The zero-order chi connectivity index (χ0) is 10.7. The van der Waals surface area contributed by atoms with Crippen LogP contribution in [0.25, 0.3) is 0 Å². The van der Waals surface area contributed by atoms with Crippen LogP contribution in [0.3, 0.4) is 0 Å². The van der Waals surface area contributed by atoms with Crippen molar-refractivity contribution in [2.24, 2.45) is 4.99 Å². The summed E-state index contributed by atoms with van der Waals surface area (Å²) in [5, 5.41) is 0. The molecule has 0 amide bonds. The van der Waals surface area contributed by atoms with E-state index >= 15 is 0 Å². The maximum Gasteiger partial charge on any atom is 0.178 e. The number of hydrogen-bond acceptors (Lipinski definition) is 2. The second-order valence-corrected chi connectivity index (χ2v) is 5.67. The first-order valence-electron chi connectivity index (χ1n) is 5.24. The Bertz CT molecular complexity index is 336. The van der Waals surface area contributed by atoms with Crippen molar-refractivity contribution in [3.63, 3.8) is 0 Å². The topological polar surface area (TPSA) is 25.5 Å². The summed E-state index contributed by atoms with van der Waals surface area (Å²) in [6.07, 6.45) is 8.34. The summed E-state index contributed by atoms with van der Waals surface area (Å²) in [7, 11) is 0. The highest BCUT2D eigenvalue weighted by Crippen LogP contribution is 2.23. The van der Waals surface area contributed by atoms with E-state index in [1.54, 1.807) is 0 Å². The van der Waals surface area contributed by atoms with Gasteiger partial charge in [-0.1, -0.05) is 19.3 Å². The van der Waals surface area contributed by atoms with Crippen molar-refractivity contribution in [3.05, 3.63) is 20.1 Å². The van der Waals surface area contributed by atoms with E-state index in [0.29, 0.717) is 6.04 Å². The van der Waals surface area contributed by atoms with Crippen LogP contribution in [-0.4, -0.2) is 12.3 Å². The van der Waals surface area contributed by atoms with Crippen molar-refractivity contribution < 1.29 is 4.42 Å². The van der Waals surface area contributed by atoms with Crippen molar-refractivity contribution in [1.29, 1.82) is 0 Å². The van der Waals surface area contributed by atoms with E-state index in [-0.39, 0.29) is 0 Å². The van der Waals surface area contributed by atoms with Gasteiger partial charge in [-0.3, -0.25) is 4.99 Å². The van der Waals surface area contributed by atoms with Crippen LogP contribution < -0.4 is 0 Å². The SMILES string of the molecule is Brc1cc(C=NC2CCCCC2)oc1I. The van der Waals surface area contributed by atoms with Gasteiger partial charge in [0.15, 0.2) is 3.77 Å². The van der Waals surface area contributed by atoms with Crippen molar-refractivity contribution in [2.45, 2.75) is 38.1 Å². The first kappa shape index (κ1) is 11.6. The summed E-state index contributed by atoms with van der Waals surface area (Å²) in [5.41, 5.74) is 0. The van der Waals surface area contributed by atoms with E-state index in [1.165, 1.54) is 32.1 Å². The predicted molar refractivity (Wildman–Crippen MR) is 73.6 cm³/mol. The molecule has 0 aromatic carbocycles. The highest BCUT2D eigenvalue weighted by Gasteiger charge is 2.11. The third-order valence-electron chi connectivity index (χ3n) is 2.65.